The molecular formula is C27H22O5. The van der Waals surface area contributed by atoms with Crippen molar-refractivity contribution in [3.8, 4) is 17.2 Å². The van der Waals surface area contributed by atoms with Crippen LogP contribution in [0.2, 0.25) is 0 Å². The lowest BCUT2D eigenvalue weighted by Gasteiger charge is -2.12. The number of para-hydroxylation sites is 1. The minimum Gasteiger partial charge on any atom is -0.422 e. The van der Waals surface area contributed by atoms with E-state index in [0.717, 1.165) is 18.2 Å². The number of esters is 1. The molecule has 0 saturated heterocycles. The summed E-state index contributed by atoms with van der Waals surface area (Å²) in [5, 5.41) is 1.27. The summed E-state index contributed by atoms with van der Waals surface area (Å²) in [7, 11) is 0. The van der Waals surface area contributed by atoms with E-state index in [1.54, 1.807) is 60.7 Å². The number of fused-ring (bicyclic) bond motifs is 1. The van der Waals surface area contributed by atoms with Crippen LogP contribution >= 0.6 is 0 Å². The molecule has 32 heavy (non-hydrogen) atoms. The van der Waals surface area contributed by atoms with E-state index >= 15 is 0 Å². The Labute approximate surface area is 186 Å². The zero-order valence-corrected chi connectivity index (χ0v) is 17.6. The Balaban J connectivity index is 1.58. The van der Waals surface area contributed by atoms with Crippen molar-refractivity contribution in [3.05, 3.63) is 102 Å². The van der Waals surface area contributed by atoms with Crippen LogP contribution in [0.3, 0.4) is 0 Å². The van der Waals surface area contributed by atoms with Crippen LogP contribution in [0.15, 0.2) is 91.0 Å². The smallest absolute Gasteiger partial charge is 0.422 e. The minimum atomic E-state index is -0.878. The second kappa shape index (κ2) is 9.79. The van der Waals surface area contributed by atoms with E-state index in [-0.39, 0.29) is 5.75 Å². The number of rotatable bonds is 6. The fraction of sp³-hybridized carbons (Fsp3) is 0.111. The van der Waals surface area contributed by atoms with Crippen molar-refractivity contribution in [1.82, 2.24) is 0 Å². The van der Waals surface area contributed by atoms with Gasteiger partial charge in [0.1, 0.15) is 17.2 Å². The third-order valence-corrected chi connectivity index (χ3v) is 4.90. The summed E-state index contributed by atoms with van der Waals surface area (Å²) in [4.78, 5) is 25.1. The van der Waals surface area contributed by atoms with E-state index < -0.39 is 12.1 Å². The van der Waals surface area contributed by atoms with Gasteiger partial charge in [0.15, 0.2) is 0 Å². The summed E-state index contributed by atoms with van der Waals surface area (Å²) in [6, 6.07) is 26.5. The van der Waals surface area contributed by atoms with E-state index in [1.807, 2.05) is 30.3 Å². The normalized spacial score (nSPS) is 10.5. The van der Waals surface area contributed by atoms with Crippen LogP contribution in [-0.2, 0) is 6.42 Å². The van der Waals surface area contributed by atoms with Gasteiger partial charge in [-0.1, -0.05) is 67.9 Å². The molecule has 4 aromatic rings. The van der Waals surface area contributed by atoms with Gasteiger partial charge in [-0.15, -0.1) is 0 Å². The average molecular weight is 426 g/mol. The molecule has 4 rings (SSSR count). The van der Waals surface area contributed by atoms with Crippen molar-refractivity contribution in [2.75, 3.05) is 0 Å². The van der Waals surface area contributed by atoms with Gasteiger partial charge in [0.2, 0.25) is 0 Å². The minimum absolute atomic E-state index is 0.241. The van der Waals surface area contributed by atoms with Crippen molar-refractivity contribution in [3.63, 3.8) is 0 Å². The Morgan fingerprint density at radius 2 is 1.34 bits per heavy atom. The number of benzene rings is 4. The maximum Gasteiger partial charge on any atom is 0.519 e. The summed E-state index contributed by atoms with van der Waals surface area (Å²) >= 11 is 0. The van der Waals surface area contributed by atoms with E-state index in [0.29, 0.717) is 22.4 Å². The van der Waals surface area contributed by atoms with Crippen LogP contribution in [0.1, 0.15) is 29.3 Å². The number of aryl methyl sites for hydroxylation is 1. The highest BCUT2D eigenvalue weighted by Gasteiger charge is 2.17. The van der Waals surface area contributed by atoms with E-state index in [4.69, 9.17) is 14.2 Å². The first-order valence-electron chi connectivity index (χ1n) is 10.4. The molecule has 5 nitrogen and oxygen atoms in total. The Morgan fingerprint density at radius 1 is 0.688 bits per heavy atom. The second-order valence-electron chi connectivity index (χ2n) is 7.21. The third-order valence-electron chi connectivity index (χ3n) is 4.90. The van der Waals surface area contributed by atoms with Crippen LogP contribution < -0.4 is 14.2 Å². The predicted octanol–water partition coefficient (Wildman–Crippen LogP) is 6.59. The topological polar surface area (TPSA) is 61.8 Å². The third kappa shape index (κ3) is 4.95. The van der Waals surface area contributed by atoms with Gasteiger partial charge in [-0.25, -0.2) is 9.59 Å². The zero-order valence-electron chi connectivity index (χ0n) is 17.6. The first-order valence-corrected chi connectivity index (χ1v) is 10.4. The largest absolute Gasteiger partial charge is 0.519 e. The molecule has 5 heteroatoms. The Kier molecular flexibility index (Phi) is 6.46. The Bertz CT molecular complexity index is 1220. The first-order chi connectivity index (χ1) is 15.6. The lowest BCUT2D eigenvalue weighted by molar-refractivity contribution is 0.0737. The number of carbonyl (C=O) groups is 2. The lowest BCUT2D eigenvalue weighted by Crippen LogP contribution is -2.14. The Morgan fingerprint density at radius 3 is 2.00 bits per heavy atom. The van der Waals surface area contributed by atoms with Gasteiger partial charge in [-0.3, -0.25) is 0 Å². The van der Waals surface area contributed by atoms with Gasteiger partial charge >= 0.3 is 12.1 Å². The fourth-order valence-corrected chi connectivity index (χ4v) is 3.39. The molecule has 0 amide bonds. The molecule has 0 aliphatic heterocycles. The van der Waals surface area contributed by atoms with Crippen molar-refractivity contribution in [2.24, 2.45) is 0 Å². The highest BCUT2D eigenvalue weighted by Crippen LogP contribution is 2.35. The zero-order chi connectivity index (χ0) is 22.3. The molecule has 0 aliphatic carbocycles. The molecule has 0 saturated carbocycles. The fourth-order valence-electron chi connectivity index (χ4n) is 3.39. The monoisotopic (exact) mass is 426 g/mol. The van der Waals surface area contributed by atoms with Gasteiger partial charge in [0.25, 0.3) is 0 Å². The number of hydrogen-bond donors (Lipinski definition) is 0. The van der Waals surface area contributed by atoms with Crippen molar-refractivity contribution in [2.45, 2.75) is 19.8 Å². The van der Waals surface area contributed by atoms with Gasteiger partial charge in [-0.2, -0.15) is 0 Å². The molecule has 0 spiro atoms. The van der Waals surface area contributed by atoms with Crippen LogP contribution in [0.5, 0.6) is 17.2 Å². The quantitative estimate of drug-likeness (QED) is 0.198. The highest BCUT2D eigenvalue weighted by atomic mass is 16.7. The number of ether oxygens (including phenoxy) is 3. The average Bonchev–Trinajstić information content (AvgIpc) is 2.80. The van der Waals surface area contributed by atoms with Crippen LogP contribution in [0.4, 0.5) is 4.79 Å². The highest BCUT2D eigenvalue weighted by molar-refractivity contribution is 5.98. The summed E-state index contributed by atoms with van der Waals surface area (Å²) in [5.41, 5.74) is 1.62. The lowest BCUT2D eigenvalue weighted by atomic mass is 10.1. The maximum atomic E-state index is 12.7. The standard InChI is InChI=1S/C27H22O5/c1-2-8-19-15-17-21(18-16-19)26(28)31-23-13-6-9-20-10-7-14-24(25(20)23)32-27(29)30-22-11-4-3-5-12-22/h3-7,9-18H,2,8H2,1H3. The van der Waals surface area contributed by atoms with Gasteiger partial charge in [0.05, 0.1) is 10.9 Å². The summed E-state index contributed by atoms with van der Waals surface area (Å²) in [6.45, 7) is 2.11. The molecule has 0 fully saturated rings. The molecule has 0 aromatic heterocycles. The maximum absolute atomic E-state index is 12.7. The van der Waals surface area contributed by atoms with Crippen LogP contribution in [-0.4, -0.2) is 12.1 Å². The molecule has 0 radical (unpaired) electrons. The van der Waals surface area contributed by atoms with Gasteiger partial charge in [-0.05, 0) is 53.8 Å². The van der Waals surface area contributed by atoms with Gasteiger partial charge < -0.3 is 14.2 Å². The SMILES string of the molecule is CCCc1ccc(C(=O)Oc2cccc3cccc(OC(=O)Oc4ccccc4)c23)cc1. The van der Waals surface area contributed by atoms with Crippen LogP contribution in [0.25, 0.3) is 10.8 Å². The molecule has 0 unspecified atom stereocenters. The summed E-state index contributed by atoms with van der Waals surface area (Å²) < 4.78 is 16.4. The molecule has 0 aliphatic rings. The van der Waals surface area contributed by atoms with Crippen molar-refractivity contribution in [1.29, 1.82) is 0 Å². The molecule has 0 N–H and O–H groups in total. The predicted molar refractivity (Wildman–Crippen MR) is 122 cm³/mol. The molecule has 0 heterocycles. The van der Waals surface area contributed by atoms with Crippen molar-refractivity contribution < 1.29 is 23.8 Å². The van der Waals surface area contributed by atoms with Crippen LogP contribution in [0, 0.1) is 0 Å². The molecule has 0 bridgehead atoms. The molecule has 0 atom stereocenters. The number of hydrogen-bond acceptors (Lipinski definition) is 5. The van der Waals surface area contributed by atoms with E-state index in [1.165, 1.54) is 5.56 Å². The second-order valence-corrected chi connectivity index (χ2v) is 7.21. The first kappa shape index (κ1) is 21.1. The van der Waals surface area contributed by atoms with Gasteiger partial charge in [0, 0.05) is 0 Å². The van der Waals surface area contributed by atoms with E-state index in [9.17, 15) is 9.59 Å². The molecule has 4 aromatic carbocycles. The molecule has 160 valence electrons. The van der Waals surface area contributed by atoms with Crippen molar-refractivity contribution >= 4 is 22.9 Å². The Hall–Kier alpha value is -4.12. The van der Waals surface area contributed by atoms with E-state index in [2.05, 4.69) is 6.92 Å². The number of carbonyl (C=O) groups excluding carboxylic acids is 2. The molecular weight excluding hydrogens is 404 g/mol. The summed E-state index contributed by atoms with van der Waals surface area (Å²) in [6.07, 6.45) is 1.12. The summed E-state index contributed by atoms with van der Waals surface area (Å²) in [5.74, 6) is 0.427.